The molecule has 2 rings (SSSR count). The van der Waals surface area contributed by atoms with Crippen molar-refractivity contribution >= 4 is 15.9 Å². The van der Waals surface area contributed by atoms with Crippen LogP contribution in [0.2, 0.25) is 0 Å². The molecule has 0 aliphatic carbocycles. The van der Waals surface area contributed by atoms with Gasteiger partial charge in [0.25, 0.3) is 0 Å². The van der Waals surface area contributed by atoms with Gasteiger partial charge >= 0.3 is 0 Å². The van der Waals surface area contributed by atoms with Gasteiger partial charge in [0.15, 0.2) is 0 Å². The van der Waals surface area contributed by atoms with Crippen molar-refractivity contribution in [2.45, 2.75) is 13.5 Å². The van der Waals surface area contributed by atoms with Gasteiger partial charge in [0.2, 0.25) is 5.88 Å². The highest BCUT2D eigenvalue weighted by Gasteiger charge is 2.04. The van der Waals surface area contributed by atoms with Gasteiger partial charge in [-0.2, -0.15) is 0 Å². The van der Waals surface area contributed by atoms with Crippen molar-refractivity contribution < 1.29 is 4.74 Å². The second-order valence-corrected chi connectivity index (χ2v) is 4.48. The van der Waals surface area contributed by atoms with E-state index in [4.69, 9.17) is 10.5 Å². The van der Waals surface area contributed by atoms with Crippen molar-refractivity contribution in [2.75, 3.05) is 0 Å². The zero-order valence-corrected chi connectivity index (χ0v) is 10.9. The van der Waals surface area contributed by atoms with Crippen molar-refractivity contribution in [1.29, 1.82) is 0 Å². The minimum absolute atomic E-state index is 0.351. The number of aromatic nitrogens is 2. The topological polar surface area (TPSA) is 61.0 Å². The second-order valence-electron chi connectivity index (χ2n) is 3.56. The molecule has 2 N–H and O–H groups in total. The van der Waals surface area contributed by atoms with Crippen LogP contribution in [0, 0.1) is 6.92 Å². The lowest BCUT2D eigenvalue weighted by Crippen LogP contribution is -2.01. The van der Waals surface area contributed by atoms with E-state index in [9.17, 15) is 0 Å². The molecule has 1 aromatic heterocycles. The molecule has 0 unspecified atom stereocenters. The van der Waals surface area contributed by atoms with E-state index in [1.54, 1.807) is 12.4 Å². The summed E-state index contributed by atoms with van der Waals surface area (Å²) < 4.78 is 6.67. The molecule has 4 nitrogen and oxygen atoms in total. The van der Waals surface area contributed by atoms with E-state index in [0.29, 0.717) is 18.1 Å². The van der Waals surface area contributed by atoms with Crippen LogP contribution in [0.5, 0.6) is 11.6 Å². The Bertz CT molecular complexity index is 531. The number of hydrogen-bond donors (Lipinski definition) is 1. The quantitative estimate of drug-likeness (QED) is 0.945. The summed E-state index contributed by atoms with van der Waals surface area (Å²) in [6, 6.07) is 5.79. The Hall–Kier alpha value is -1.46. The van der Waals surface area contributed by atoms with E-state index in [0.717, 1.165) is 15.8 Å². The van der Waals surface area contributed by atoms with E-state index in [-0.39, 0.29) is 0 Å². The van der Waals surface area contributed by atoms with Crippen LogP contribution in [0.25, 0.3) is 0 Å². The summed E-state index contributed by atoms with van der Waals surface area (Å²) in [6.45, 7) is 2.32. The molecule has 0 radical (unpaired) electrons. The van der Waals surface area contributed by atoms with Crippen LogP contribution in [-0.4, -0.2) is 9.97 Å². The van der Waals surface area contributed by atoms with Crippen molar-refractivity contribution in [2.24, 2.45) is 5.73 Å². The number of rotatable bonds is 3. The van der Waals surface area contributed by atoms with Gasteiger partial charge in [-0.25, -0.2) is 4.98 Å². The third-order valence-electron chi connectivity index (χ3n) is 2.22. The Morgan fingerprint density at radius 1 is 1.35 bits per heavy atom. The van der Waals surface area contributed by atoms with E-state index in [1.165, 1.54) is 0 Å². The number of nitrogens with zero attached hydrogens (tertiary/aromatic N) is 2. The van der Waals surface area contributed by atoms with Gasteiger partial charge in [0, 0.05) is 17.2 Å². The number of benzene rings is 1. The van der Waals surface area contributed by atoms with E-state index in [2.05, 4.69) is 25.9 Å². The third-order valence-corrected chi connectivity index (χ3v) is 2.72. The summed E-state index contributed by atoms with van der Waals surface area (Å²) in [5, 5.41) is 0. The van der Waals surface area contributed by atoms with Crippen molar-refractivity contribution in [1.82, 2.24) is 9.97 Å². The highest BCUT2D eigenvalue weighted by Crippen LogP contribution is 2.25. The standard InChI is InChI=1S/C12H12BrN3O/c1-8-4-9(13)2-3-11(8)17-12-7-15-6-10(5-14)16-12/h2-4,6-7H,5,14H2,1H3. The molecule has 0 saturated heterocycles. The van der Waals surface area contributed by atoms with Gasteiger partial charge in [0.1, 0.15) is 5.75 Å². The molecular weight excluding hydrogens is 282 g/mol. The SMILES string of the molecule is Cc1cc(Br)ccc1Oc1cncc(CN)n1. The van der Waals surface area contributed by atoms with E-state index >= 15 is 0 Å². The van der Waals surface area contributed by atoms with Crippen LogP contribution >= 0.6 is 15.9 Å². The summed E-state index contributed by atoms with van der Waals surface area (Å²) >= 11 is 3.40. The highest BCUT2D eigenvalue weighted by atomic mass is 79.9. The lowest BCUT2D eigenvalue weighted by atomic mass is 10.2. The maximum Gasteiger partial charge on any atom is 0.238 e. The Kier molecular flexibility index (Phi) is 3.71. The predicted molar refractivity (Wildman–Crippen MR) is 68.9 cm³/mol. The number of hydrogen-bond acceptors (Lipinski definition) is 4. The van der Waals surface area contributed by atoms with Crippen molar-refractivity contribution in [3.63, 3.8) is 0 Å². The smallest absolute Gasteiger partial charge is 0.238 e. The first-order chi connectivity index (χ1) is 8.19. The van der Waals surface area contributed by atoms with Crippen LogP contribution in [0.15, 0.2) is 35.1 Å². The monoisotopic (exact) mass is 293 g/mol. The molecule has 0 amide bonds. The minimum atomic E-state index is 0.351. The van der Waals surface area contributed by atoms with Crippen LogP contribution in [0.1, 0.15) is 11.3 Å². The fraction of sp³-hybridized carbons (Fsp3) is 0.167. The predicted octanol–water partition coefficient (Wildman–Crippen LogP) is 2.80. The average molecular weight is 294 g/mol. The van der Waals surface area contributed by atoms with Gasteiger partial charge in [-0.3, -0.25) is 4.98 Å². The summed E-state index contributed by atoms with van der Waals surface area (Å²) in [7, 11) is 0. The highest BCUT2D eigenvalue weighted by molar-refractivity contribution is 9.10. The van der Waals surface area contributed by atoms with Gasteiger partial charge in [-0.05, 0) is 30.7 Å². The molecule has 1 heterocycles. The Balaban J connectivity index is 2.25. The lowest BCUT2D eigenvalue weighted by Gasteiger charge is -2.08. The first-order valence-corrected chi connectivity index (χ1v) is 5.93. The van der Waals surface area contributed by atoms with Crippen molar-refractivity contribution in [3.8, 4) is 11.6 Å². The van der Waals surface area contributed by atoms with Gasteiger partial charge < -0.3 is 10.5 Å². The maximum absolute atomic E-state index is 5.66. The summed E-state index contributed by atoms with van der Waals surface area (Å²) in [6.07, 6.45) is 3.20. The first-order valence-electron chi connectivity index (χ1n) is 5.14. The summed E-state index contributed by atoms with van der Waals surface area (Å²) in [4.78, 5) is 8.25. The number of ether oxygens (including phenoxy) is 1. The van der Waals surface area contributed by atoms with Crippen molar-refractivity contribution in [3.05, 3.63) is 46.3 Å². The van der Waals surface area contributed by atoms with Gasteiger partial charge in [-0.1, -0.05) is 15.9 Å². The van der Waals surface area contributed by atoms with Crippen LogP contribution in [0.3, 0.4) is 0 Å². The second kappa shape index (κ2) is 5.25. The third kappa shape index (κ3) is 3.01. The maximum atomic E-state index is 5.66. The Morgan fingerprint density at radius 3 is 2.88 bits per heavy atom. The Labute approximate surface area is 108 Å². The molecule has 0 aliphatic rings. The molecule has 0 bridgehead atoms. The molecular formula is C12H12BrN3O. The largest absolute Gasteiger partial charge is 0.437 e. The number of nitrogens with two attached hydrogens (primary N) is 1. The van der Waals surface area contributed by atoms with Crippen LogP contribution in [-0.2, 0) is 6.54 Å². The zero-order valence-electron chi connectivity index (χ0n) is 9.35. The van der Waals surface area contributed by atoms with Gasteiger partial charge in [0.05, 0.1) is 11.9 Å². The normalized spacial score (nSPS) is 10.3. The fourth-order valence-corrected chi connectivity index (χ4v) is 1.85. The first kappa shape index (κ1) is 12.0. The molecule has 0 aliphatic heterocycles. The Morgan fingerprint density at radius 2 is 2.18 bits per heavy atom. The summed E-state index contributed by atoms with van der Waals surface area (Å²) in [5.41, 5.74) is 7.23. The fourth-order valence-electron chi connectivity index (χ4n) is 1.37. The van der Waals surface area contributed by atoms with Gasteiger partial charge in [-0.15, -0.1) is 0 Å². The molecule has 5 heteroatoms. The molecule has 0 saturated carbocycles. The number of halogens is 1. The lowest BCUT2D eigenvalue weighted by molar-refractivity contribution is 0.454. The summed E-state index contributed by atoms with van der Waals surface area (Å²) in [5.74, 6) is 1.22. The van der Waals surface area contributed by atoms with Crippen LogP contribution < -0.4 is 10.5 Å². The van der Waals surface area contributed by atoms with Crippen LogP contribution in [0.4, 0.5) is 0 Å². The molecule has 17 heavy (non-hydrogen) atoms. The van der Waals surface area contributed by atoms with E-state index < -0.39 is 0 Å². The number of aryl methyl sites for hydroxylation is 1. The van der Waals surface area contributed by atoms with E-state index in [1.807, 2.05) is 25.1 Å². The minimum Gasteiger partial charge on any atom is -0.437 e. The molecule has 0 atom stereocenters. The molecule has 0 fully saturated rings. The molecule has 0 spiro atoms. The zero-order chi connectivity index (χ0) is 12.3. The molecule has 1 aromatic carbocycles. The average Bonchev–Trinajstić information content (AvgIpc) is 2.33. The molecule has 2 aromatic rings. The molecule has 88 valence electrons.